The molecule has 1 aliphatic rings. The Morgan fingerprint density at radius 1 is 1.15 bits per heavy atom. The molecule has 0 N–H and O–H groups in total. The third-order valence-corrected chi connectivity index (χ3v) is 3.99. The second-order valence-electron chi connectivity index (χ2n) is 5.93. The lowest BCUT2D eigenvalue weighted by atomic mass is 9.92. The molecule has 1 aromatic carbocycles. The fraction of sp³-hybridized carbons (Fsp3) is 0.500. The first-order valence-corrected chi connectivity index (χ1v) is 7.21. The van der Waals surface area contributed by atoms with Crippen molar-refractivity contribution in [3.8, 4) is 5.75 Å². The molecule has 2 unspecified atom stereocenters. The van der Waals surface area contributed by atoms with E-state index in [0.717, 1.165) is 35.6 Å². The highest BCUT2D eigenvalue weighted by Gasteiger charge is 2.24. The van der Waals surface area contributed by atoms with Gasteiger partial charge in [-0.05, 0) is 36.5 Å². The lowest BCUT2D eigenvalue weighted by Crippen LogP contribution is -2.39. The van der Waals surface area contributed by atoms with Crippen LogP contribution in [0.15, 0.2) is 24.5 Å². The number of hydrogen-bond acceptors (Lipinski definition) is 4. The number of methoxy groups -OCH3 is 1. The Hall–Kier alpha value is -1.84. The number of hydrogen-bond donors (Lipinski definition) is 0. The van der Waals surface area contributed by atoms with Crippen LogP contribution in [-0.2, 0) is 0 Å². The van der Waals surface area contributed by atoms with E-state index in [1.54, 1.807) is 13.4 Å². The van der Waals surface area contributed by atoms with E-state index < -0.39 is 0 Å². The smallest absolute Gasteiger partial charge is 0.140 e. The molecule has 3 rings (SSSR count). The van der Waals surface area contributed by atoms with Crippen LogP contribution in [0.2, 0.25) is 0 Å². The number of fused-ring (bicyclic) bond motifs is 1. The molecule has 4 heteroatoms. The zero-order chi connectivity index (χ0) is 14.1. The first-order valence-electron chi connectivity index (χ1n) is 7.21. The van der Waals surface area contributed by atoms with Gasteiger partial charge in [-0.2, -0.15) is 0 Å². The van der Waals surface area contributed by atoms with Gasteiger partial charge < -0.3 is 9.64 Å². The lowest BCUT2D eigenvalue weighted by Gasteiger charge is -2.36. The molecule has 0 saturated carbocycles. The predicted octanol–water partition coefficient (Wildman–Crippen LogP) is 3.12. The Bertz CT molecular complexity index is 604. The number of ether oxygens (including phenoxy) is 1. The summed E-state index contributed by atoms with van der Waals surface area (Å²) in [5.41, 5.74) is 0.974. The van der Waals surface area contributed by atoms with Crippen molar-refractivity contribution in [1.29, 1.82) is 0 Å². The second kappa shape index (κ2) is 5.27. The summed E-state index contributed by atoms with van der Waals surface area (Å²) in [6.07, 6.45) is 2.96. The molecule has 0 spiro atoms. The van der Waals surface area contributed by atoms with Gasteiger partial charge in [-0.25, -0.2) is 9.97 Å². The summed E-state index contributed by atoms with van der Waals surface area (Å²) < 4.78 is 5.33. The van der Waals surface area contributed by atoms with Crippen molar-refractivity contribution in [3.63, 3.8) is 0 Å². The standard InChI is InChI=1S/C16H21N3O/c1-11-6-12(2)9-19(8-11)16-14-7-13(20-3)4-5-15(14)17-10-18-16/h4-5,7,10-12H,6,8-9H2,1-3H3. The van der Waals surface area contributed by atoms with Crippen molar-refractivity contribution in [2.24, 2.45) is 11.8 Å². The van der Waals surface area contributed by atoms with Crippen LogP contribution in [-0.4, -0.2) is 30.2 Å². The van der Waals surface area contributed by atoms with E-state index in [1.807, 2.05) is 18.2 Å². The van der Waals surface area contributed by atoms with Gasteiger partial charge in [-0.1, -0.05) is 13.8 Å². The summed E-state index contributed by atoms with van der Waals surface area (Å²) in [4.78, 5) is 11.3. The van der Waals surface area contributed by atoms with Crippen molar-refractivity contribution >= 4 is 16.7 Å². The average Bonchev–Trinajstić information content (AvgIpc) is 2.45. The number of nitrogens with zero attached hydrogens (tertiary/aromatic N) is 3. The third kappa shape index (κ3) is 2.42. The van der Waals surface area contributed by atoms with Crippen LogP contribution in [0.25, 0.3) is 10.9 Å². The molecular formula is C16H21N3O. The fourth-order valence-electron chi connectivity index (χ4n) is 3.24. The topological polar surface area (TPSA) is 38.3 Å². The van der Waals surface area contributed by atoms with Gasteiger partial charge in [0.05, 0.1) is 12.6 Å². The van der Waals surface area contributed by atoms with E-state index in [2.05, 4.69) is 28.7 Å². The van der Waals surface area contributed by atoms with E-state index in [4.69, 9.17) is 4.74 Å². The first kappa shape index (κ1) is 13.2. The van der Waals surface area contributed by atoms with E-state index in [0.29, 0.717) is 11.8 Å². The molecule has 0 aliphatic carbocycles. The molecule has 20 heavy (non-hydrogen) atoms. The molecule has 0 radical (unpaired) electrons. The third-order valence-electron chi connectivity index (χ3n) is 3.99. The molecule has 1 aromatic heterocycles. The Balaban J connectivity index is 2.05. The Labute approximate surface area is 119 Å². The minimum atomic E-state index is 0.703. The van der Waals surface area contributed by atoms with Gasteiger partial charge in [0.2, 0.25) is 0 Å². The van der Waals surface area contributed by atoms with Gasteiger partial charge in [-0.3, -0.25) is 0 Å². The molecule has 2 atom stereocenters. The zero-order valence-electron chi connectivity index (χ0n) is 12.3. The molecule has 1 saturated heterocycles. The minimum Gasteiger partial charge on any atom is -0.497 e. The molecule has 1 fully saturated rings. The summed E-state index contributed by atoms with van der Waals surface area (Å²) in [5.74, 6) is 3.29. The molecule has 0 bridgehead atoms. The summed E-state index contributed by atoms with van der Waals surface area (Å²) >= 11 is 0. The quantitative estimate of drug-likeness (QED) is 0.841. The molecule has 2 aromatic rings. The Kier molecular flexibility index (Phi) is 3.47. The number of rotatable bonds is 2. The van der Waals surface area contributed by atoms with Crippen LogP contribution in [0, 0.1) is 11.8 Å². The highest BCUT2D eigenvalue weighted by molar-refractivity contribution is 5.90. The van der Waals surface area contributed by atoms with Crippen molar-refractivity contribution in [2.45, 2.75) is 20.3 Å². The fourth-order valence-corrected chi connectivity index (χ4v) is 3.24. The van der Waals surface area contributed by atoms with Gasteiger partial charge in [0.15, 0.2) is 0 Å². The lowest BCUT2D eigenvalue weighted by molar-refractivity contribution is 0.356. The highest BCUT2D eigenvalue weighted by Crippen LogP contribution is 2.31. The van der Waals surface area contributed by atoms with Gasteiger partial charge in [0.25, 0.3) is 0 Å². The normalized spacial score (nSPS) is 23.1. The Morgan fingerprint density at radius 2 is 1.90 bits per heavy atom. The molecule has 106 valence electrons. The zero-order valence-corrected chi connectivity index (χ0v) is 12.3. The largest absolute Gasteiger partial charge is 0.497 e. The summed E-state index contributed by atoms with van der Waals surface area (Å²) in [5, 5.41) is 1.08. The van der Waals surface area contributed by atoms with Crippen LogP contribution in [0.5, 0.6) is 5.75 Å². The van der Waals surface area contributed by atoms with Crippen molar-refractivity contribution in [2.75, 3.05) is 25.1 Å². The van der Waals surface area contributed by atoms with Crippen molar-refractivity contribution in [3.05, 3.63) is 24.5 Å². The van der Waals surface area contributed by atoms with Crippen molar-refractivity contribution < 1.29 is 4.74 Å². The first-order chi connectivity index (χ1) is 9.67. The van der Waals surface area contributed by atoms with Gasteiger partial charge in [-0.15, -0.1) is 0 Å². The molecule has 1 aliphatic heterocycles. The summed E-state index contributed by atoms with van der Waals surface area (Å²) in [7, 11) is 1.69. The maximum Gasteiger partial charge on any atom is 0.140 e. The van der Waals surface area contributed by atoms with Crippen LogP contribution in [0.4, 0.5) is 5.82 Å². The molecule has 2 heterocycles. The van der Waals surface area contributed by atoms with Gasteiger partial charge in [0, 0.05) is 18.5 Å². The Morgan fingerprint density at radius 3 is 2.60 bits per heavy atom. The van der Waals surface area contributed by atoms with Crippen LogP contribution in [0.3, 0.4) is 0 Å². The highest BCUT2D eigenvalue weighted by atomic mass is 16.5. The average molecular weight is 271 g/mol. The van der Waals surface area contributed by atoms with Crippen LogP contribution >= 0.6 is 0 Å². The maximum absolute atomic E-state index is 5.33. The van der Waals surface area contributed by atoms with E-state index in [1.165, 1.54) is 6.42 Å². The molecule has 4 nitrogen and oxygen atoms in total. The number of aromatic nitrogens is 2. The molecule has 0 amide bonds. The van der Waals surface area contributed by atoms with E-state index in [9.17, 15) is 0 Å². The van der Waals surface area contributed by atoms with E-state index in [-0.39, 0.29) is 0 Å². The summed E-state index contributed by atoms with van der Waals surface area (Å²) in [6.45, 7) is 6.75. The molecular weight excluding hydrogens is 250 g/mol. The second-order valence-corrected chi connectivity index (χ2v) is 5.93. The van der Waals surface area contributed by atoms with Gasteiger partial charge >= 0.3 is 0 Å². The van der Waals surface area contributed by atoms with Crippen LogP contribution < -0.4 is 9.64 Å². The number of anilines is 1. The SMILES string of the molecule is COc1ccc2ncnc(N3CC(C)CC(C)C3)c2c1. The van der Waals surface area contributed by atoms with E-state index >= 15 is 0 Å². The van der Waals surface area contributed by atoms with Gasteiger partial charge in [0.1, 0.15) is 17.9 Å². The number of piperidine rings is 1. The maximum atomic E-state index is 5.33. The predicted molar refractivity (Wildman–Crippen MR) is 81.2 cm³/mol. The monoisotopic (exact) mass is 271 g/mol. The van der Waals surface area contributed by atoms with Crippen molar-refractivity contribution in [1.82, 2.24) is 9.97 Å². The van der Waals surface area contributed by atoms with Crippen LogP contribution in [0.1, 0.15) is 20.3 Å². The minimum absolute atomic E-state index is 0.703. The number of benzene rings is 1. The summed E-state index contributed by atoms with van der Waals surface area (Å²) in [6, 6.07) is 5.98.